The summed E-state index contributed by atoms with van der Waals surface area (Å²) in [5, 5.41) is 20.0. The van der Waals surface area contributed by atoms with Crippen molar-refractivity contribution in [3.8, 4) is 57.2 Å². The molecule has 0 saturated carbocycles. The van der Waals surface area contributed by atoms with E-state index in [0.29, 0.717) is 102 Å². The van der Waals surface area contributed by atoms with Crippen LogP contribution in [-0.4, -0.2) is 129 Å². The Bertz CT molecular complexity index is 3560. The average molecular weight is 1160 g/mol. The highest BCUT2D eigenvalue weighted by molar-refractivity contribution is 7.91. The molecule has 0 radical (unpaired) electrons. The number of nitrogens with zero attached hydrogens (tertiary/aromatic N) is 11. The Balaban J connectivity index is 0.000000181. The van der Waals surface area contributed by atoms with Crippen LogP contribution in [-0.2, 0) is 32.8 Å². The highest BCUT2D eigenvalue weighted by Crippen LogP contribution is 2.31. The summed E-state index contributed by atoms with van der Waals surface area (Å²) in [5.74, 6) is 2.73. The Morgan fingerprint density at radius 3 is 1.47 bits per heavy atom. The normalized spacial score (nSPS) is 14.7. The molecule has 0 atom stereocenters. The molecule has 0 bridgehead atoms. The van der Waals surface area contributed by atoms with Gasteiger partial charge in [-0.25, -0.2) is 46.1 Å². The standard InChI is InChI=1S/C25H25F3N6O4S.C19H13ClF3N5O2.C6H13NO2S/c1-16-30-24(22-14-21(32-38-22)18-3-5-19(6-4-18)37-25(26,27)28)31-34(16)15-17-7-10-29-23(13-17)33-11-8-20(9-12-33)39(2,35)36;1-11-25-18(26-28(11)10-12-6-7-24-17(20)8-12)16-9-15(27-30-16)13-2-4-14(5-3-13)29-19(21,22)23;1-10(8,9)6-2-4-7-5-3-6/h3-7,10,13-14,20H,8-9,11-12,15H2,1-2H3;2-9H,10H2,1H3;6-7H,2-5H2,1H3. The predicted molar refractivity (Wildman–Crippen MR) is 277 cm³/mol. The van der Waals surface area contributed by atoms with Crippen LogP contribution in [0.2, 0.25) is 5.15 Å². The molecular weight excluding hydrogens is 1110 g/mol. The first-order valence-corrected chi connectivity index (χ1v) is 28.5. The summed E-state index contributed by atoms with van der Waals surface area (Å²) < 4.78 is 142. The average Bonchev–Trinajstić information content (AvgIpc) is 4.23. The van der Waals surface area contributed by atoms with Gasteiger partial charge in [0.1, 0.15) is 65.2 Å². The second kappa shape index (κ2) is 24.3. The lowest BCUT2D eigenvalue weighted by atomic mass is 10.1. The van der Waals surface area contributed by atoms with Gasteiger partial charge in [-0.3, -0.25) is 0 Å². The first-order valence-electron chi connectivity index (χ1n) is 24.2. The fraction of sp³-hybridized carbons (Fsp3) is 0.360. The van der Waals surface area contributed by atoms with Gasteiger partial charge in [-0.2, -0.15) is 0 Å². The molecule has 0 unspecified atom stereocenters. The minimum Gasteiger partial charge on any atom is -0.406 e. The third-order valence-electron chi connectivity index (χ3n) is 12.5. The van der Waals surface area contributed by atoms with Crippen LogP contribution in [0.15, 0.2) is 106 Å². The van der Waals surface area contributed by atoms with Crippen LogP contribution < -0.4 is 19.7 Å². The van der Waals surface area contributed by atoms with E-state index in [0.717, 1.165) is 42.9 Å². The van der Waals surface area contributed by atoms with Crippen LogP contribution in [0.3, 0.4) is 0 Å². The lowest BCUT2D eigenvalue weighted by molar-refractivity contribution is -0.275. The highest BCUT2D eigenvalue weighted by atomic mass is 35.5. The number of rotatable bonds is 13. The number of hydrogen-bond donors (Lipinski definition) is 1. The Hall–Kier alpha value is -7.43. The Morgan fingerprint density at radius 1 is 0.620 bits per heavy atom. The number of aryl methyl sites for hydroxylation is 2. The van der Waals surface area contributed by atoms with Crippen molar-refractivity contribution in [2.24, 2.45) is 0 Å². The monoisotopic (exact) mass is 1160 g/mol. The molecule has 2 fully saturated rings. The molecule has 29 heteroatoms. The van der Waals surface area contributed by atoms with Crippen LogP contribution in [0, 0.1) is 13.8 Å². The Morgan fingerprint density at radius 2 is 1.05 bits per heavy atom. The summed E-state index contributed by atoms with van der Waals surface area (Å²) >= 11 is 5.91. The van der Waals surface area contributed by atoms with Crippen molar-refractivity contribution in [3.05, 3.63) is 125 Å². The van der Waals surface area contributed by atoms with E-state index in [1.54, 1.807) is 46.9 Å². The molecule has 8 aromatic rings. The zero-order chi connectivity index (χ0) is 56.7. The highest BCUT2D eigenvalue weighted by Gasteiger charge is 2.32. The fourth-order valence-corrected chi connectivity index (χ4v) is 10.7. The molecule has 2 aromatic carbocycles. The molecular formula is C50H51ClF6N12O8S2. The second-order valence-corrected chi connectivity index (χ2v) is 23.4. The predicted octanol–water partition coefficient (Wildman–Crippen LogP) is 8.95. The van der Waals surface area contributed by atoms with Crippen molar-refractivity contribution < 1.29 is 61.7 Å². The third-order valence-corrected chi connectivity index (χ3v) is 16.0. The number of pyridine rings is 2. The first kappa shape index (κ1) is 57.7. The largest absolute Gasteiger partial charge is 0.573 e. The summed E-state index contributed by atoms with van der Waals surface area (Å²) in [6.45, 7) is 7.41. The summed E-state index contributed by atoms with van der Waals surface area (Å²) in [6, 6.07) is 21.2. The number of benzene rings is 2. The molecule has 79 heavy (non-hydrogen) atoms. The maximum Gasteiger partial charge on any atom is 0.573 e. The number of alkyl halides is 6. The molecule has 2 aliphatic rings. The molecule has 2 aliphatic heterocycles. The van der Waals surface area contributed by atoms with Crippen molar-refractivity contribution in [1.82, 2.24) is 55.1 Å². The van der Waals surface area contributed by atoms with E-state index in [9.17, 15) is 43.2 Å². The Kier molecular flexibility index (Phi) is 17.8. The lowest BCUT2D eigenvalue weighted by Gasteiger charge is -2.32. The zero-order valence-corrected chi connectivity index (χ0v) is 45.0. The summed E-state index contributed by atoms with van der Waals surface area (Å²) in [6.07, 6.45) is -0.878. The van der Waals surface area contributed by atoms with Crippen molar-refractivity contribution in [1.29, 1.82) is 0 Å². The van der Waals surface area contributed by atoms with Gasteiger partial charge in [0.05, 0.1) is 23.6 Å². The number of nitrogens with one attached hydrogen (secondary N) is 1. The minimum absolute atomic E-state index is 0.0891. The van der Waals surface area contributed by atoms with Crippen LogP contribution in [0.1, 0.15) is 48.5 Å². The maximum atomic E-state index is 12.4. The smallest absolute Gasteiger partial charge is 0.406 e. The van der Waals surface area contributed by atoms with E-state index in [1.165, 1.54) is 61.0 Å². The lowest BCUT2D eigenvalue weighted by Crippen LogP contribution is -2.39. The van der Waals surface area contributed by atoms with Gasteiger partial charge in [0.15, 0.2) is 0 Å². The van der Waals surface area contributed by atoms with Gasteiger partial charge in [-0.1, -0.05) is 21.9 Å². The third kappa shape index (κ3) is 16.3. The van der Waals surface area contributed by atoms with Crippen LogP contribution in [0.4, 0.5) is 32.2 Å². The number of halogens is 7. The van der Waals surface area contributed by atoms with Crippen molar-refractivity contribution >= 4 is 37.1 Å². The van der Waals surface area contributed by atoms with E-state index in [2.05, 4.69) is 60.1 Å². The molecule has 1 N–H and O–H groups in total. The summed E-state index contributed by atoms with van der Waals surface area (Å²) in [5.41, 5.74) is 3.80. The molecule has 6 aromatic heterocycles. The van der Waals surface area contributed by atoms with E-state index in [-0.39, 0.29) is 22.0 Å². The zero-order valence-electron chi connectivity index (χ0n) is 42.6. The number of aromatic nitrogens is 10. The number of hydrogen-bond acceptors (Lipinski definition) is 18. The van der Waals surface area contributed by atoms with Crippen LogP contribution in [0.25, 0.3) is 45.7 Å². The first-order chi connectivity index (χ1) is 37.3. The topological polar surface area (TPSA) is 241 Å². The van der Waals surface area contributed by atoms with Crippen LogP contribution in [0.5, 0.6) is 11.5 Å². The van der Waals surface area contributed by atoms with Crippen molar-refractivity contribution in [3.63, 3.8) is 0 Å². The van der Waals surface area contributed by atoms with E-state index >= 15 is 0 Å². The van der Waals surface area contributed by atoms with Gasteiger partial charge in [-0.15, -0.1) is 36.5 Å². The van der Waals surface area contributed by atoms with Crippen LogP contribution >= 0.6 is 11.6 Å². The SMILES string of the molecule is CS(=O)(=O)C1CCNCC1.Cc1nc(-c2cc(-c3ccc(OC(F)(F)F)cc3)no2)nn1Cc1ccnc(Cl)c1.Cc1nc(-c2cc(-c3ccc(OC(F)(F)F)cc3)no2)nn1Cc1ccnc(N2CCC(S(C)(=O)=O)CC2)c1. The van der Waals surface area contributed by atoms with Crippen molar-refractivity contribution in [2.75, 3.05) is 43.6 Å². The van der Waals surface area contributed by atoms with Gasteiger partial charge in [0.25, 0.3) is 0 Å². The quantitative estimate of drug-likeness (QED) is 0.0836. The number of piperidine rings is 2. The van der Waals surface area contributed by atoms with Gasteiger partial charge < -0.3 is 28.7 Å². The Labute approximate surface area is 454 Å². The van der Waals surface area contributed by atoms with Gasteiger partial charge in [0, 0.05) is 61.3 Å². The number of anilines is 1. The molecule has 2 saturated heterocycles. The molecule has 8 heterocycles. The molecule has 420 valence electrons. The number of ether oxygens (including phenoxy) is 2. The van der Waals surface area contributed by atoms with E-state index in [1.807, 2.05) is 25.1 Å². The van der Waals surface area contributed by atoms with E-state index in [4.69, 9.17) is 20.6 Å². The van der Waals surface area contributed by atoms with Crippen molar-refractivity contribution in [2.45, 2.75) is 75.8 Å². The second-order valence-electron chi connectivity index (χ2n) is 18.4. The maximum absolute atomic E-state index is 12.4. The number of sulfone groups is 2. The molecule has 20 nitrogen and oxygen atoms in total. The summed E-state index contributed by atoms with van der Waals surface area (Å²) in [4.78, 5) is 19.4. The molecule has 0 amide bonds. The molecule has 0 aliphatic carbocycles. The molecule has 0 spiro atoms. The van der Waals surface area contributed by atoms with E-state index < -0.39 is 32.4 Å². The summed E-state index contributed by atoms with van der Waals surface area (Å²) in [7, 11) is -5.81. The van der Waals surface area contributed by atoms with Gasteiger partial charge in [-0.05, 0) is 137 Å². The van der Waals surface area contributed by atoms with Gasteiger partial charge >= 0.3 is 12.7 Å². The minimum atomic E-state index is -4.76. The van der Waals surface area contributed by atoms with Gasteiger partial charge in [0.2, 0.25) is 23.2 Å². The fourth-order valence-electron chi connectivity index (χ4n) is 8.39. The molecule has 10 rings (SSSR count).